The van der Waals surface area contributed by atoms with Crippen LogP contribution in [0, 0.1) is 5.92 Å². The second-order valence-corrected chi connectivity index (χ2v) is 4.80. The SMILES string of the molecule is CCNCC1CCN(C(C)COCC)CC1. The molecule has 1 atom stereocenters. The molecule has 1 aliphatic rings. The summed E-state index contributed by atoms with van der Waals surface area (Å²) in [4.78, 5) is 2.57. The Bertz CT molecular complexity index is 167. The number of rotatable bonds is 7. The zero-order valence-corrected chi connectivity index (χ0v) is 11.2. The summed E-state index contributed by atoms with van der Waals surface area (Å²) in [5.74, 6) is 0.885. The van der Waals surface area contributed by atoms with Crippen molar-refractivity contribution in [2.24, 2.45) is 5.92 Å². The molecule has 0 bridgehead atoms. The molecule has 16 heavy (non-hydrogen) atoms. The van der Waals surface area contributed by atoms with Gasteiger partial charge in [0.25, 0.3) is 0 Å². The molecule has 3 nitrogen and oxygen atoms in total. The van der Waals surface area contributed by atoms with Gasteiger partial charge in [0.15, 0.2) is 0 Å². The van der Waals surface area contributed by atoms with Gasteiger partial charge in [0.2, 0.25) is 0 Å². The average Bonchev–Trinajstić information content (AvgIpc) is 2.34. The first-order valence-corrected chi connectivity index (χ1v) is 6.80. The van der Waals surface area contributed by atoms with E-state index in [-0.39, 0.29) is 0 Å². The van der Waals surface area contributed by atoms with Crippen LogP contribution in [0.25, 0.3) is 0 Å². The van der Waals surface area contributed by atoms with Gasteiger partial charge in [-0.25, -0.2) is 0 Å². The molecule has 3 heteroatoms. The molecule has 1 saturated heterocycles. The lowest BCUT2D eigenvalue weighted by atomic mass is 9.96. The summed E-state index contributed by atoms with van der Waals surface area (Å²) >= 11 is 0. The Morgan fingerprint density at radius 1 is 1.31 bits per heavy atom. The van der Waals surface area contributed by atoms with E-state index >= 15 is 0 Å². The summed E-state index contributed by atoms with van der Waals surface area (Å²) in [5, 5.41) is 3.45. The number of hydrogen-bond acceptors (Lipinski definition) is 3. The van der Waals surface area contributed by atoms with Crippen molar-refractivity contribution in [2.45, 2.75) is 39.7 Å². The van der Waals surface area contributed by atoms with Crippen LogP contribution in [0.5, 0.6) is 0 Å². The van der Waals surface area contributed by atoms with E-state index in [1.165, 1.54) is 32.5 Å². The fraction of sp³-hybridized carbons (Fsp3) is 1.00. The molecular formula is C13H28N2O. The Morgan fingerprint density at radius 3 is 2.56 bits per heavy atom. The highest BCUT2D eigenvalue weighted by Crippen LogP contribution is 2.18. The molecular weight excluding hydrogens is 200 g/mol. The van der Waals surface area contributed by atoms with Gasteiger partial charge >= 0.3 is 0 Å². The van der Waals surface area contributed by atoms with Gasteiger partial charge in [-0.15, -0.1) is 0 Å². The second kappa shape index (κ2) is 8.04. The third-order valence-corrected chi connectivity index (χ3v) is 3.52. The molecule has 0 aliphatic carbocycles. The van der Waals surface area contributed by atoms with Crippen LogP contribution in [0.4, 0.5) is 0 Å². The first kappa shape index (κ1) is 13.9. The monoisotopic (exact) mass is 228 g/mol. The minimum absolute atomic E-state index is 0.583. The summed E-state index contributed by atoms with van der Waals surface area (Å²) in [7, 11) is 0. The Kier molecular flexibility index (Phi) is 7.01. The molecule has 1 N–H and O–H groups in total. The van der Waals surface area contributed by atoms with Crippen molar-refractivity contribution < 1.29 is 4.74 Å². The Balaban J connectivity index is 2.15. The van der Waals surface area contributed by atoms with Gasteiger partial charge in [-0.1, -0.05) is 6.92 Å². The van der Waals surface area contributed by atoms with Crippen LogP contribution in [0.3, 0.4) is 0 Å². The maximum atomic E-state index is 5.49. The van der Waals surface area contributed by atoms with Crippen LogP contribution in [0.15, 0.2) is 0 Å². The van der Waals surface area contributed by atoms with Crippen molar-refractivity contribution >= 4 is 0 Å². The van der Waals surface area contributed by atoms with Crippen molar-refractivity contribution in [3.05, 3.63) is 0 Å². The van der Waals surface area contributed by atoms with E-state index in [1.807, 2.05) is 0 Å². The zero-order chi connectivity index (χ0) is 11.8. The minimum atomic E-state index is 0.583. The van der Waals surface area contributed by atoms with E-state index in [0.717, 1.165) is 25.7 Å². The summed E-state index contributed by atoms with van der Waals surface area (Å²) in [5.41, 5.74) is 0. The molecule has 0 saturated carbocycles. The van der Waals surface area contributed by atoms with Crippen molar-refractivity contribution in [1.29, 1.82) is 0 Å². The number of nitrogens with zero attached hydrogens (tertiary/aromatic N) is 1. The van der Waals surface area contributed by atoms with Crippen molar-refractivity contribution in [2.75, 3.05) is 39.4 Å². The van der Waals surface area contributed by atoms with Crippen LogP contribution in [0.1, 0.15) is 33.6 Å². The quantitative estimate of drug-likeness (QED) is 0.718. The highest BCUT2D eigenvalue weighted by Gasteiger charge is 2.22. The second-order valence-electron chi connectivity index (χ2n) is 4.80. The number of piperidine rings is 1. The molecule has 1 rings (SSSR count). The third-order valence-electron chi connectivity index (χ3n) is 3.52. The molecule has 1 heterocycles. The van der Waals surface area contributed by atoms with E-state index in [2.05, 4.69) is 31.0 Å². The van der Waals surface area contributed by atoms with Gasteiger partial charge in [-0.2, -0.15) is 0 Å². The molecule has 1 aliphatic heterocycles. The Morgan fingerprint density at radius 2 is 2.00 bits per heavy atom. The van der Waals surface area contributed by atoms with Crippen LogP contribution in [0.2, 0.25) is 0 Å². The van der Waals surface area contributed by atoms with E-state index in [0.29, 0.717) is 6.04 Å². The minimum Gasteiger partial charge on any atom is -0.380 e. The lowest BCUT2D eigenvalue weighted by Crippen LogP contribution is -2.43. The van der Waals surface area contributed by atoms with E-state index in [4.69, 9.17) is 4.74 Å². The molecule has 0 aromatic carbocycles. The van der Waals surface area contributed by atoms with Gasteiger partial charge in [0.1, 0.15) is 0 Å². The third kappa shape index (κ3) is 4.81. The molecule has 0 spiro atoms. The number of hydrogen-bond donors (Lipinski definition) is 1. The fourth-order valence-electron chi connectivity index (χ4n) is 2.34. The maximum Gasteiger partial charge on any atom is 0.0618 e. The largest absolute Gasteiger partial charge is 0.380 e. The Hall–Kier alpha value is -0.120. The van der Waals surface area contributed by atoms with Crippen molar-refractivity contribution in [1.82, 2.24) is 10.2 Å². The van der Waals surface area contributed by atoms with Gasteiger partial charge in [0, 0.05) is 12.6 Å². The molecule has 0 aromatic rings. The predicted octanol–water partition coefficient (Wildman–Crippen LogP) is 1.73. The lowest BCUT2D eigenvalue weighted by Gasteiger charge is -2.36. The van der Waals surface area contributed by atoms with Gasteiger partial charge in [0.05, 0.1) is 6.61 Å². The van der Waals surface area contributed by atoms with Crippen LogP contribution < -0.4 is 5.32 Å². The van der Waals surface area contributed by atoms with E-state index in [9.17, 15) is 0 Å². The molecule has 0 radical (unpaired) electrons. The average molecular weight is 228 g/mol. The smallest absolute Gasteiger partial charge is 0.0618 e. The van der Waals surface area contributed by atoms with Gasteiger partial charge in [-0.05, 0) is 58.8 Å². The first-order valence-electron chi connectivity index (χ1n) is 6.80. The van der Waals surface area contributed by atoms with Crippen molar-refractivity contribution in [3.8, 4) is 0 Å². The van der Waals surface area contributed by atoms with Crippen LogP contribution in [-0.2, 0) is 4.74 Å². The summed E-state index contributed by atoms with van der Waals surface area (Å²) < 4.78 is 5.49. The summed E-state index contributed by atoms with van der Waals surface area (Å²) in [6.07, 6.45) is 2.67. The van der Waals surface area contributed by atoms with E-state index in [1.54, 1.807) is 0 Å². The summed E-state index contributed by atoms with van der Waals surface area (Å²) in [6.45, 7) is 13.0. The predicted molar refractivity (Wildman–Crippen MR) is 68.8 cm³/mol. The molecule has 1 unspecified atom stereocenters. The standard InChI is InChI=1S/C13H28N2O/c1-4-14-10-13-6-8-15(9-7-13)12(3)11-16-5-2/h12-14H,4-11H2,1-3H3. The molecule has 0 amide bonds. The lowest BCUT2D eigenvalue weighted by molar-refractivity contribution is 0.0547. The molecule has 96 valence electrons. The van der Waals surface area contributed by atoms with Gasteiger partial charge in [-0.3, -0.25) is 4.90 Å². The first-order chi connectivity index (χ1) is 7.77. The fourth-order valence-corrected chi connectivity index (χ4v) is 2.34. The highest BCUT2D eigenvalue weighted by atomic mass is 16.5. The van der Waals surface area contributed by atoms with Crippen LogP contribution >= 0.6 is 0 Å². The number of likely N-dealkylation sites (tertiary alicyclic amines) is 1. The van der Waals surface area contributed by atoms with Crippen molar-refractivity contribution in [3.63, 3.8) is 0 Å². The number of nitrogens with one attached hydrogen (secondary N) is 1. The molecule has 0 aromatic heterocycles. The number of ether oxygens (including phenoxy) is 1. The van der Waals surface area contributed by atoms with Crippen LogP contribution in [-0.4, -0.2) is 50.3 Å². The van der Waals surface area contributed by atoms with Gasteiger partial charge < -0.3 is 10.1 Å². The topological polar surface area (TPSA) is 24.5 Å². The summed E-state index contributed by atoms with van der Waals surface area (Å²) in [6, 6.07) is 0.583. The maximum absolute atomic E-state index is 5.49. The Labute approximate surface area is 101 Å². The van der Waals surface area contributed by atoms with E-state index < -0.39 is 0 Å². The highest BCUT2D eigenvalue weighted by molar-refractivity contribution is 4.77. The zero-order valence-electron chi connectivity index (χ0n) is 11.2. The normalized spacial score (nSPS) is 21.2. The molecule has 1 fully saturated rings.